The van der Waals surface area contributed by atoms with E-state index in [0.29, 0.717) is 11.1 Å². The average molecular weight is 306 g/mol. The summed E-state index contributed by atoms with van der Waals surface area (Å²) in [5, 5.41) is 20.7. The van der Waals surface area contributed by atoms with E-state index in [-0.39, 0.29) is 11.7 Å². The molecule has 0 saturated heterocycles. The van der Waals surface area contributed by atoms with Gasteiger partial charge in [-0.1, -0.05) is 20.3 Å². The van der Waals surface area contributed by atoms with Gasteiger partial charge in [0.05, 0.1) is 6.10 Å². The molecule has 0 bridgehead atoms. The van der Waals surface area contributed by atoms with E-state index in [2.05, 4.69) is 0 Å². The van der Waals surface area contributed by atoms with Crippen LogP contribution in [-0.4, -0.2) is 34.4 Å². The Kier molecular flexibility index (Phi) is 3.34. The van der Waals surface area contributed by atoms with E-state index in [1.54, 1.807) is 13.0 Å². The second-order valence-electron chi connectivity index (χ2n) is 7.18. The summed E-state index contributed by atoms with van der Waals surface area (Å²) in [6, 6.07) is 0. The van der Waals surface area contributed by atoms with E-state index in [9.17, 15) is 19.8 Å². The number of ketones is 1. The molecule has 2 N–H and O–H groups in total. The van der Waals surface area contributed by atoms with Crippen LogP contribution in [0.1, 0.15) is 40.0 Å². The fraction of sp³-hybridized carbons (Fsp3) is 0.647. The maximum atomic E-state index is 12.3. The molecule has 1 saturated carbocycles. The lowest BCUT2D eigenvalue weighted by atomic mass is 9.48. The van der Waals surface area contributed by atoms with Crippen molar-refractivity contribution in [3.63, 3.8) is 0 Å². The highest BCUT2D eigenvalue weighted by Crippen LogP contribution is 2.60. The number of aliphatic hydroxyl groups excluding tert-OH is 2. The predicted octanol–water partition coefficient (Wildman–Crippen LogP) is 1.49. The Balaban J connectivity index is 2.19. The van der Waals surface area contributed by atoms with Gasteiger partial charge in [-0.15, -0.1) is 0 Å². The van der Waals surface area contributed by atoms with Crippen LogP contribution in [0.25, 0.3) is 0 Å². The van der Waals surface area contributed by atoms with Crippen LogP contribution in [0, 0.1) is 16.7 Å². The summed E-state index contributed by atoms with van der Waals surface area (Å²) < 4.78 is 4.82. The Morgan fingerprint density at radius 2 is 2.00 bits per heavy atom. The predicted molar refractivity (Wildman–Crippen MR) is 78.5 cm³/mol. The molecule has 0 aromatic carbocycles. The summed E-state index contributed by atoms with van der Waals surface area (Å²) in [5.74, 6) is -0.829. The van der Waals surface area contributed by atoms with E-state index >= 15 is 0 Å². The number of carbonyl (C=O) groups excluding carboxylic acids is 2. The van der Waals surface area contributed by atoms with E-state index in [1.807, 2.05) is 13.8 Å². The smallest absolute Gasteiger partial charge is 0.333 e. The van der Waals surface area contributed by atoms with Crippen LogP contribution in [0.2, 0.25) is 0 Å². The van der Waals surface area contributed by atoms with Crippen molar-refractivity contribution in [3.8, 4) is 0 Å². The Labute approximate surface area is 129 Å². The first-order valence-corrected chi connectivity index (χ1v) is 7.72. The average Bonchev–Trinajstić information content (AvgIpc) is 2.40. The number of aliphatic hydroxyl groups is 2. The summed E-state index contributed by atoms with van der Waals surface area (Å²) in [5.41, 5.74) is 0.00172. The molecule has 0 spiro atoms. The molecule has 0 aromatic heterocycles. The molecule has 22 heavy (non-hydrogen) atoms. The molecule has 5 heteroatoms. The topological polar surface area (TPSA) is 83.8 Å². The summed E-state index contributed by atoms with van der Waals surface area (Å²) in [7, 11) is 0. The van der Waals surface area contributed by atoms with Crippen molar-refractivity contribution in [1.82, 2.24) is 0 Å². The lowest BCUT2D eigenvalue weighted by Gasteiger charge is -2.56. The first-order valence-electron chi connectivity index (χ1n) is 7.72. The van der Waals surface area contributed by atoms with Crippen molar-refractivity contribution in [2.45, 2.75) is 52.4 Å². The number of esters is 1. The van der Waals surface area contributed by atoms with Crippen LogP contribution < -0.4 is 0 Å². The summed E-state index contributed by atoms with van der Waals surface area (Å²) >= 11 is 0. The minimum absolute atomic E-state index is 0.0545. The Morgan fingerprint density at radius 3 is 2.64 bits per heavy atom. The van der Waals surface area contributed by atoms with E-state index in [4.69, 9.17) is 4.74 Å². The van der Waals surface area contributed by atoms with Crippen LogP contribution in [0.3, 0.4) is 0 Å². The van der Waals surface area contributed by atoms with Crippen molar-refractivity contribution < 1.29 is 24.5 Å². The van der Waals surface area contributed by atoms with E-state index < -0.39 is 29.2 Å². The van der Waals surface area contributed by atoms with Gasteiger partial charge in [0.25, 0.3) is 0 Å². The van der Waals surface area contributed by atoms with Crippen molar-refractivity contribution in [1.29, 1.82) is 0 Å². The van der Waals surface area contributed by atoms with Gasteiger partial charge in [0.1, 0.15) is 5.78 Å². The number of hydrogen-bond acceptors (Lipinski definition) is 5. The summed E-state index contributed by atoms with van der Waals surface area (Å²) in [6.07, 6.45) is 3.09. The Hall–Kier alpha value is -1.46. The Morgan fingerprint density at radius 1 is 1.32 bits per heavy atom. The fourth-order valence-electron chi connectivity index (χ4n) is 4.78. The fourth-order valence-corrected chi connectivity index (χ4v) is 4.78. The molecule has 1 fully saturated rings. The lowest BCUT2D eigenvalue weighted by Crippen LogP contribution is -2.56. The number of rotatable bonds is 1. The molecule has 0 amide bonds. The first-order chi connectivity index (χ1) is 10.2. The van der Waals surface area contributed by atoms with Gasteiger partial charge in [0.2, 0.25) is 6.29 Å². The van der Waals surface area contributed by atoms with Gasteiger partial charge in [-0.05, 0) is 36.8 Å². The third-order valence-electron chi connectivity index (χ3n) is 5.94. The number of carbonyl (C=O) groups is 2. The molecule has 5 atom stereocenters. The zero-order valence-corrected chi connectivity index (χ0v) is 13.1. The minimum atomic E-state index is -1.34. The van der Waals surface area contributed by atoms with Crippen LogP contribution in [0.4, 0.5) is 0 Å². The van der Waals surface area contributed by atoms with Crippen LogP contribution >= 0.6 is 0 Å². The van der Waals surface area contributed by atoms with Crippen LogP contribution in [0.5, 0.6) is 0 Å². The van der Waals surface area contributed by atoms with Gasteiger partial charge in [-0.3, -0.25) is 4.79 Å². The van der Waals surface area contributed by atoms with Crippen molar-refractivity contribution in [3.05, 3.63) is 23.3 Å². The van der Waals surface area contributed by atoms with E-state index in [0.717, 1.165) is 19.3 Å². The molecule has 5 nitrogen and oxygen atoms in total. The van der Waals surface area contributed by atoms with E-state index in [1.165, 1.54) is 6.08 Å². The summed E-state index contributed by atoms with van der Waals surface area (Å²) in [4.78, 5) is 24.0. The van der Waals surface area contributed by atoms with Crippen molar-refractivity contribution in [2.75, 3.05) is 0 Å². The van der Waals surface area contributed by atoms with Gasteiger partial charge in [0, 0.05) is 23.0 Å². The normalized spacial score (nSPS) is 44.2. The molecule has 0 unspecified atom stereocenters. The highest BCUT2D eigenvalue weighted by Gasteiger charge is 2.58. The van der Waals surface area contributed by atoms with Crippen molar-refractivity contribution >= 4 is 11.8 Å². The molecule has 3 aliphatic rings. The number of cyclic esters (lactones) is 1. The van der Waals surface area contributed by atoms with Gasteiger partial charge < -0.3 is 14.9 Å². The number of hydrogen-bond donors (Lipinski definition) is 2. The summed E-state index contributed by atoms with van der Waals surface area (Å²) in [6.45, 7) is 5.44. The number of fused-ring (bicyclic) bond motifs is 3. The monoisotopic (exact) mass is 306 g/mol. The number of Topliss-reactive ketones (excluding diaryl/α,β-unsaturated/α-hetero) is 1. The lowest BCUT2D eigenvalue weighted by molar-refractivity contribution is -0.160. The molecule has 1 heterocycles. The Bertz CT molecular complexity index is 604. The quantitative estimate of drug-likeness (QED) is 0.717. The van der Waals surface area contributed by atoms with Gasteiger partial charge in [0.15, 0.2) is 0 Å². The first kappa shape index (κ1) is 15.4. The number of ether oxygens (including phenoxy) is 1. The molecule has 3 rings (SSSR count). The highest BCUT2D eigenvalue weighted by atomic mass is 16.6. The molecular weight excluding hydrogens is 284 g/mol. The molecule has 1 aliphatic heterocycles. The van der Waals surface area contributed by atoms with Gasteiger partial charge in [-0.25, -0.2) is 4.79 Å². The maximum absolute atomic E-state index is 12.3. The molecule has 2 aliphatic carbocycles. The molecule has 120 valence electrons. The largest absolute Gasteiger partial charge is 0.428 e. The second-order valence-corrected chi connectivity index (χ2v) is 7.18. The van der Waals surface area contributed by atoms with Gasteiger partial charge >= 0.3 is 5.97 Å². The standard InChI is InChI=1S/C17H22O5/c1-9(18)16(2)5-4-6-17(3)11-8-13(20)22-15(21)10(11)7-12(19)14(16)17/h7-8,12,14-15,19,21H,4-6H2,1-3H3/t12-,14+,15+,16-,17-/m1/s1. The SMILES string of the molecule is CC(=O)[C@@]1(C)CCC[C@]2(C)C3=CC(=O)O[C@H](O)C3=C[C@@H](O)[C@@H]12. The van der Waals surface area contributed by atoms with Crippen molar-refractivity contribution in [2.24, 2.45) is 16.7 Å². The molecule has 0 aromatic rings. The second kappa shape index (κ2) is 4.77. The third kappa shape index (κ3) is 1.92. The zero-order chi connectivity index (χ0) is 16.3. The molecule has 0 radical (unpaired) electrons. The van der Waals surface area contributed by atoms with Gasteiger partial charge in [-0.2, -0.15) is 0 Å². The maximum Gasteiger partial charge on any atom is 0.333 e. The molecular formula is C17H22O5. The van der Waals surface area contributed by atoms with Crippen LogP contribution in [0.15, 0.2) is 23.3 Å². The minimum Gasteiger partial charge on any atom is -0.428 e. The van der Waals surface area contributed by atoms with Crippen LogP contribution in [-0.2, 0) is 14.3 Å². The third-order valence-corrected chi connectivity index (χ3v) is 5.94. The highest BCUT2D eigenvalue weighted by molar-refractivity contribution is 5.87. The zero-order valence-electron chi connectivity index (χ0n) is 13.1.